The fourth-order valence-electron chi connectivity index (χ4n) is 2.43. The van der Waals surface area contributed by atoms with Gasteiger partial charge in [0, 0.05) is 31.6 Å². The Morgan fingerprint density at radius 3 is 2.89 bits per heavy atom. The summed E-state index contributed by atoms with van der Waals surface area (Å²) in [6.07, 6.45) is 4.07. The third-order valence-corrected chi connectivity index (χ3v) is 3.55. The molecule has 2 rings (SSSR count). The van der Waals surface area contributed by atoms with Crippen molar-refractivity contribution in [3.05, 3.63) is 24.0 Å². The zero-order valence-electron chi connectivity index (χ0n) is 11.1. The van der Waals surface area contributed by atoms with E-state index in [1.807, 2.05) is 12.3 Å². The number of aromatic nitrogens is 1. The fourth-order valence-corrected chi connectivity index (χ4v) is 2.43. The second kappa shape index (κ2) is 6.71. The van der Waals surface area contributed by atoms with E-state index in [4.69, 9.17) is 5.11 Å². The normalized spacial score (nSPS) is 17.9. The van der Waals surface area contributed by atoms with Crippen molar-refractivity contribution in [1.29, 1.82) is 0 Å². The molecule has 1 aromatic heterocycles. The van der Waals surface area contributed by atoms with Gasteiger partial charge in [-0.15, -0.1) is 0 Å². The van der Waals surface area contributed by atoms with Gasteiger partial charge in [0.15, 0.2) is 0 Å². The average Bonchev–Trinajstić information content (AvgIpc) is 2.40. The summed E-state index contributed by atoms with van der Waals surface area (Å²) in [7, 11) is 0. The van der Waals surface area contributed by atoms with Crippen LogP contribution in [0.25, 0.3) is 0 Å². The van der Waals surface area contributed by atoms with E-state index in [0.717, 1.165) is 50.4 Å². The van der Waals surface area contributed by atoms with Gasteiger partial charge in [0.2, 0.25) is 0 Å². The second-order valence-corrected chi connectivity index (χ2v) is 4.97. The molecule has 0 unspecified atom stereocenters. The van der Waals surface area contributed by atoms with Crippen LogP contribution in [0.5, 0.6) is 0 Å². The lowest BCUT2D eigenvalue weighted by molar-refractivity contribution is 0.126. The molecule has 0 atom stereocenters. The van der Waals surface area contributed by atoms with Crippen LogP contribution in [0.1, 0.15) is 25.5 Å². The number of aliphatic hydroxyl groups excluding tert-OH is 1. The molecule has 4 nitrogen and oxygen atoms in total. The SMILES string of the molecule is CCNc1ccnc(CN2CCC(CO)CC2)c1. The molecule has 0 radical (unpaired) electrons. The van der Waals surface area contributed by atoms with Gasteiger partial charge < -0.3 is 10.4 Å². The predicted molar refractivity (Wildman–Crippen MR) is 73.5 cm³/mol. The zero-order chi connectivity index (χ0) is 12.8. The minimum Gasteiger partial charge on any atom is -0.396 e. The van der Waals surface area contributed by atoms with Crippen molar-refractivity contribution in [3.8, 4) is 0 Å². The first-order valence-corrected chi connectivity index (χ1v) is 6.84. The number of piperidine rings is 1. The molecular weight excluding hydrogens is 226 g/mol. The summed E-state index contributed by atoms with van der Waals surface area (Å²) >= 11 is 0. The molecule has 18 heavy (non-hydrogen) atoms. The number of pyridine rings is 1. The van der Waals surface area contributed by atoms with Gasteiger partial charge >= 0.3 is 0 Å². The van der Waals surface area contributed by atoms with Crippen LogP contribution in [0.15, 0.2) is 18.3 Å². The van der Waals surface area contributed by atoms with Crippen LogP contribution in [-0.2, 0) is 6.54 Å². The standard InChI is InChI=1S/C14H23N3O/c1-2-15-13-3-6-16-14(9-13)10-17-7-4-12(11-18)5-8-17/h3,6,9,12,18H,2,4-5,7-8,10-11H2,1H3,(H,15,16). The highest BCUT2D eigenvalue weighted by Crippen LogP contribution is 2.18. The van der Waals surface area contributed by atoms with E-state index < -0.39 is 0 Å². The quantitative estimate of drug-likeness (QED) is 0.834. The van der Waals surface area contributed by atoms with Gasteiger partial charge in [-0.05, 0) is 50.9 Å². The van der Waals surface area contributed by atoms with Crippen LogP contribution in [0.2, 0.25) is 0 Å². The van der Waals surface area contributed by atoms with Crippen molar-refractivity contribution < 1.29 is 5.11 Å². The summed E-state index contributed by atoms with van der Waals surface area (Å²) < 4.78 is 0. The third-order valence-electron chi connectivity index (χ3n) is 3.55. The van der Waals surface area contributed by atoms with Crippen molar-refractivity contribution in [2.75, 3.05) is 31.6 Å². The molecule has 100 valence electrons. The lowest BCUT2D eigenvalue weighted by atomic mass is 9.98. The monoisotopic (exact) mass is 249 g/mol. The van der Waals surface area contributed by atoms with Crippen LogP contribution in [0.4, 0.5) is 5.69 Å². The molecule has 1 fully saturated rings. The first-order chi connectivity index (χ1) is 8.81. The molecule has 2 N–H and O–H groups in total. The van der Waals surface area contributed by atoms with E-state index in [9.17, 15) is 0 Å². The Bertz CT molecular complexity index is 362. The maximum atomic E-state index is 9.12. The van der Waals surface area contributed by atoms with Crippen molar-refractivity contribution in [2.45, 2.75) is 26.3 Å². The topological polar surface area (TPSA) is 48.4 Å². The largest absolute Gasteiger partial charge is 0.396 e. The van der Waals surface area contributed by atoms with Gasteiger partial charge in [-0.1, -0.05) is 0 Å². The van der Waals surface area contributed by atoms with Gasteiger partial charge in [0.05, 0.1) is 5.69 Å². The Balaban J connectivity index is 1.87. The van der Waals surface area contributed by atoms with Crippen molar-refractivity contribution in [1.82, 2.24) is 9.88 Å². The fraction of sp³-hybridized carbons (Fsp3) is 0.643. The molecule has 2 heterocycles. The van der Waals surface area contributed by atoms with Gasteiger partial charge in [-0.25, -0.2) is 0 Å². The van der Waals surface area contributed by atoms with Gasteiger partial charge in [-0.3, -0.25) is 9.88 Å². The van der Waals surface area contributed by atoms with Gasteiger partial charge in [0.1, 0.15) is 0 Å². The summed E-state index contributed by atoms with van der Waals surface area (Å²) in [5.74, 6) is 0.502. The number of nitrogens with one attached hydrogen (secondary N) is 1. The Morgan fingerprint density at radius 1 is 1.44 bits per heavy atom. The Hall–Kier alpha value is -1.13. The van der Waals surface area contributed by atoms with E-state index in [1.165, 1.54) is 0 Å². The lowest BCUT2D eigenvalue weighted by Gasteiger charge is -2.30. The van der Waals surface area contributed by atoms with Crippen molar-refractivity contribution in [2.24, 2.45) is 5.92 Å². The van der Waals surface area contributed by atoms with Crippen molar-refractivity contribution in [3.63, 3.8) is 0 Å². The van der Waals surface area contributed by atoms with Gasteiger partial charge in [0.25, 0.3) is 0 Å². The van der Waals surface area contributed by atoms with Crippen molar-refractivity contribution >= 4 is 5.69 Å². The average molecular weight is 249 g/mol. The Morgan fingerprint density at radius 2 is 2.22 bits per heavy atom. The third kappa shape index (κ3) is 3.68. The van der Waals surface area contributed by atoms with Crippen LogP contribution < -0.4 is 5.32 Å². The molecule has 1 aromatic rings. The van der Waals surface area contributed by atoms with Crippen LogP contribution in [0.3, 0.4) is 0 Å². The molecular formula is C14H23N3O. The zero-order valence-corrected chi connectivity index (χ0v) is 11.1. The lowest BCUT2D eigenvalue weighted by Crippen LogP contribution is -2.34. The summed E-state index contributed by atoms with van der Waals surface area (Å²) in [5.41, 5.74) is 2.27. The Kier molecular flexibility index (Phi) is 4.96. The van der Waals surface area contributed by atoms with E-state index in [0.29, 0.717) is 12.5 Å². The number of hydrogen-bond acceptors (Lipinski definition) is 4. The first-order valence-electron chi connectivity index (χ1n) is 6.84. The van der Waals surface area contributed by atoms with Gasteiger partial charge in [-0.2, -0.15) is 0 Å². The molecule has 4 heteroatoms. The van der Waals surface area contributed by atoms with Crippen LogP contribution in [0, 0.1) is 5.92 Å². The minimum atomic E-state index is 0.335. The molecule has 1 aliphatic rings. The maximum absolute atomic E-state index is 9.12. The number of likely N-dealkylation sites (tertiary alicyclic amines) is 1. The molecule has 0 spiro atoms. The summed E-state index contributed by atoms with van der Waals surface area (Å²) in [4.78, 5) is 6.84. The molecule has 1 saturated heterocycles. The highest BCUT2D eigenvalue weighted by Gasteiger charge is 2.18. The second-order valence-electron chi connectivity index (χ2n) is 4.97. The van der Waals surface area contributed by atoms with E-state index in [1.54, 1.807) is 0 Å². The molecule has 1 aliphatic heterocycles. The number of anilines is 1. The first kappa shape index (κ1) is 13.3. The van der Waals surface area contributed by atoms with E-state index >= 15 is 0 Å². The summed E-state index contributed by atoms with van der Waals surface area (Å²) in [6, 6.07) is 4.13. The minimum absolute atomic E-state index is 0.335. The molecule has 0 aliphatic carbocycles. The molecule has 0 saturated carbocycles. The van der Waals surface area contributed by atoms with E-state index in [2.05, 4.69) is 28.2 Å². The number of hydrogen-bond donors (Lipinski definition) is 2. The number of nitrogens with zero attached hydrogens (tertiary/aromatic N) is 2. The summed E-state index contributed by atoms with van der Waals surface area (Å²) in [6.45, 7) is 6.42. The molecule has 0 amide bonds. The summed E-state index contributed by atoms with van der Waals surface area (Å²) in [5, 5.41) is 12.4. The number of aliphatic hydroxyl groups is 1. The molecule has 0 bridgehead atoms. The highest BCUT2D eigenvalue weighted by atomic mass is 16.3. The maximum Gasteiger partial charge on any atom is 0.0564 e. The predicted octanol–water partition coefficient (Wildman–Crippen LogP) is 1.72. The van der Waals surface area contributed by atoms with Crippen LogP contribution in [-0.4, -0.2) is 41.2 Å². The van der Waals surface area contributed by atoms with Crippen LogP contribution >= 0.6 is 0 Å². The highest BCUT2D eigenvalue weighted by molar-refractivity contribution is 5.42. The number of rotatable bonds is 5. The van der Waals surface area contributed by atoms with E-state index in [-0.39, 0.29) is 0 Å². The molecule has 0 aromatic carbocycles. The Labute approximate surface area is 109 Å². The smallest absolute Gasteiger partial charge is 0.0564 e.